The summed E-state index contributed by atoms with van der Waals surface area (Å²) in [4.78, 5) is 5.44. The highest BCUT2D eigenvalue weighted by Gasteiger charge is 2.19. The molecule has 3 nitrogen and oxygen atoms in total. The summed E-state index contributed by atoms with van der Waals surface area (Å²) in [5.74, 6) is 0.122. The van der Waals surface area contributed by atoms with Gasteiger partial charge in [-0.25, -0.2) is 8.78 Å². The van der Waals surface area contributed by atoms with Gasteiger partial charge >= 0.3 is 0 Å². The van der Waals surface area contributed by atoms with E-state index in [0.29, 0.717) is 12.3 Å². The molecule has 0 spiro atoms. The van der Waals surface area contributed by atoms with Gasteiger partial charge < -0.3 is 10.0 Å². The van der Waals surface area contributed by atoms with Gasteiger partial charge in [-0.15, -0.1) is 11.8 Å². The predicted octanol–water partition coefficient (Wildman–Crippen LogP) is 3.24. The third-order valence-electron chi connectivity index (χ3n) is 4.29. The smallest absolute Gasteiger partial charge is 0.123 e. The number of rotatable bonds is 6. The van der Waals surface area contributed by atoms with Crippen LogP contribution in [0.25, 0.3) is 0 Å². The minimum atomic E-state index is -0.424. The van der Waals surface area contributed by atoms with Gasteiger partial charge in [0.25, 0.3) is 0 Å². The van der Waals surface area contributed by atoms with Crippen LogP contribution in [0.2, 0.25) is 0 Å². The molecule has 6 heteroatoms. The maximum absolute atomic E-state index is 13.0. The zero-order valence-electron chi connectivity index (χ0n) is 13.9. The molecule has 2 aromatic rings. The fourth-order valence-corrected chi connectivity index (χ4v) is 3.73. The van der Waals surface area contributed by atoms with Gasteiger partial charge in [0.1, 0.15) is 11.6 Å². The Hall–Kier alpha value is -1.63. The highest BCUT2D eigenvalue weighted by molar-refractivity contribution is 7.99. The van der Waals surface area contributed by atoms with Crippen molar-refractivity contribution in [1.29, 1.82) is 0 Å². The molecular formula is C19H22F2N2OS. The van der Waals surface area contributed by atoms with E-state index in [1.165, 1.54) is 36.0 Å². The first-order chi connectivity index (χ1) is 12.1. The SMILES string of the molecule is O[C@H](CSc1ccc(F)cc1)CN1CCN(c2ccc(F)cc2)CC1. The van der Waals surface area contributed by atoms with Crippen molar-refractivity contribution in [2.75, 3.05) is 43.4 Å². The number of halogens is 2. The molecule has 134 valence electrons. The Kier molecular flexibility index (Phi) is 6.29. The van der Waals surface area contributed by atoms with Gasteiger partial charge in [0, 0.05) is 49.1 Å². The Balaban J connectivity index is 1.40. The van der Waals surface area contributed by atoms with Crippen LogP contribution in [-0.2, 0) is 0 Å². The molecule has 0 aromatic heterocycles. The molecule has 0 unspecified atom stereocenters. The standard InChI is InChI=1S/C19H22F2N2OS/c20-15-1-5-17(6-2-15)23-11-9-22(10-12-23)13-18(24)14-25-19-7-3-16(21)4-8-19/h1-8,18,24H,9-14H2/t18-/m0/s1. The van der Waals surface area contributed by atoms with Crippen molar-refractivity contribution >= 4 is 17.4 Å². The topological polar surface area (TPSA) is 26.7 Å². The summed E-state index contributed by atoms with van der Waals surface area (Å²) in [5.41, 5.74) is 1.04. The minimum absolute atomic E-state index is 0.218. The van der Waals surface area contributed by atoms with Crippen LogP contribution in [-0.4, -0.2) is 54.6 Å². The Bertz CT molecular complexity index is 658. The van der Waals surface area contributed by atoms with Crippen molar-refractivity contribution < 1.29 is 13.9 Å². The van der Waals surface area contributed by atoms with Crippen LogP contribution in [0.15, 0.2) is 53.4 Å². The highest BCUT2D eigenvalue weighted by Crippen LogP contribution is 2.20. The third-order valence-corrected chi connectivity index (χ3v) is 5.45. The molecule has 0 aliphatic carbocycles. The van der Waals surface area contributed by atoms with Crippen molar-refractivity contribution in [1.82, 2.24) is 4.90 Å². The van der Waals surface area contributed by atoms with Gasteiger partial charge in [0.2, 0.25) is 0 Å². The van der Waals surface area contributed by atoms with Gasteiger partial charge in [-0.1, -0.05) is 0 Å². The van der Waals surface area contributed by atoms with E-state index in [2.05, 4.69) is 9.80 Å². The van der Waals surface area contributed by atoms with Crippen LogP contribution in [0, 0.1) is 11.6 Å². The second-order valence-electron chi connectivity index (χ2n) is 6.18. The number of thioether (sulfide) groups is 1. The third kappa shape index (κ3) is 5.42. The van der Waals surface area contributed by atoms with E-state index >= 15 is 0 Å². The number of aliphatic hydroxyl groups excluding tert-OH is 1. The van der Waals surface area contributed by atoms with Crippen molar-refractivity contribution in [3.63, 3.8) is 0 Å². The molecule has 1 heterocycles. The van der Waals surface area contributed by atoms with Gasteiger partial charge in [0.15, 0.2) is 0 Å². The fraction of sp³-hybridized carbons (Fsp3) is 0.368. The fourth-order valence-electron chi connectivity index (χ4n) is 2.91. The van der Waals surface area contributed by atoms with Crippen LogP contribution in [0.4, 0.5) is 14.5 Å². The van der Waals surface area contributed by atoms with Crippen LogP contribution in [0.5, 0.6) is 0 Å². The molecule has 2 aromatic carbocycles. The van der Waals surface area contributed by atoms with E-state index in [1.807, 2.05) is 0 Å². The van der Waals surface area contributed by atoms with Gasteiger partial charge in [-0.05, 0) is 48.5 Å². The lowest BCUT2D eigenvalue weighted by Crippen LogP contribution is -2.48. The quantitative estimate of drug-likeness (QED) is 0.796. The lowest BCUT2D eigenvalue weighted by atomic mass is 10.2. The number of benzene rings is 2. The minimum Gasteiger partial charge on any atom is -0.391 e. The molecule has 1 fully saturated rings. The summed E-state index contributed by atoms with van der Waals surface area (Å²) in [6.45, 7) is 4.10. The number of nitrogens with zero attached hydrogens (tertiary/aromatic N) is 2. The molecule has 1 N–H and O–H groups in total. The largest absolute Gasteiger partial charge is 0.391 e. The summed E-state index contributed by atoms with van der Waals surface area (Å²) >= 11 is 1.54. The molecule has 1 aliphatic heterocycles. The lowest BCUT2D eigenvalue weighted by molar-refractivity contribution is 0.126. The molecule has 1 aliphatic rings. The molecule has 1 saturated heterocycles. The van der Waals surface area contributed by atoms with E-state index in [4.69, 9.17) is 0 Å². The van der Waals surface area contributed by atoms with E-state index in [9.17, 15) is 13.9 Å². The average Bonchev–Trinajstić information content (AvgIpc) is 2.63. The second-order valence-corrected chi connectivity index (χ2v) is 7.28. The van der Waals surface area contributed by atoms with Crippen molar-refractivity contribution in [2.45, 2.75) is 11.0 Å². The van der Waals surface area contributed by atoms with Crippen LogP contribution in [0.1, 0.15) is 0 Å². The average molecular weight is 364 g/mol. The van der Waals surface area contributed by atoms with Crippen LogP contribution < -0.4 is 4.90 Å². The summed E-state index contributed by atoms with van der Waals surface area (Å²) in [6, 6.07) is 12.9. The first-order valence-electron chi connectivity index (χ1n) is 8.39. The first-order valence-corrected chi connectivity index (χ1v) is 9.38. The Morgan fingerprint density at radius 1 is 0.880 bits per heavy atom. The zero-order chi connectivity index (χ0) is 17.6. The lowest BCUT2D eigenvalue weighted by Gasteiger charge is -2.36. The van der Waals surface area contributed by atoms with Crippen molar-refractivity contribution in [3.8, 4) is 0 Å². The molecule has 0 radical (unpaired) electrons. The number of β-amino-alcohol motifs (C(OH)–C–C–N with tert-alkyl or cyclic N) is 1. The van der Waals surface area contributed by atoms with E-state index in [-0.39, 0.29) is 11.6 Å². The van der Waals surface area contributed by atoms with Gasteiger partial charge in [-0.3, -0.25) is 4.90 Å². The predicted molar refractivity (Wildman–Crippen MR) is 98.2 cm³/mol. The number of hydrogen-bond acceptors (Lipinski definition) is 4. The van der Waals surface area contributed by atoms with Crippen LogP contribution >= 0.6 is 11.8 Å². The van der Waals surface area contributed by atoms with Gasteiger partial charge in [0.05, 0.1) is 6.10 Å². The second kappa shape index (κ2) is 8.65. The number of hydrogen-bond donors (Lipinski definition) is 1. The number of piperazine rings is 1. The Morgan fingerprint density at radius 3 is 2.04 bits per heavy atom. The van der Waals surface area contributed by atoms with E-state index in [0.717, 1.165) is 36.8 Å². The highest BCUT2D eigenvalue weighted by atomic mass is 32.2. The molecule has 0 amide bonds. The van der Waals surface area contributed by atoms with Crippen molar-refractivity contribution in [3.05, 3.63) is 60.2 Å². The van der Waals surface area contributed by atoms with Crippen LogP contribution in [0.3, 0.4) is 0 Å². The maximum atomic E-state index is 13.0. The summed E-state index contributed by atoms with van der Waals surface area (Å²) < 4.78 is 25.9. The summed E-state index contributed by atoms with van der Waals surface area (Å²) in [6.07, 6.45) is -0.424. The molecule has 0 bridgehead atoms. The zero-order valence-corrected chi connectivity index (χ0v) is 14.8. The number of aliphatic hydroxyl groups is 1. The maximum Gasteiger partial charge on any atom is 0.123 e. The molecule has 0 saturated carbocycles. The molecule has 1 atom stereocenters. The molecule has 25 heavy (non-hydrogen) atoms. The summed E-state index contributed by atoms with van der Waals surface area (Å²) in [7, 11) is 0. The molecule has 3 rings (SSSR count). The normalized spacial score (nSPS) is 16.8. The van der Waals surface area contributed by atoms with E-state index in [1.54, 1.807) is 24.3 Å². The Labute approximate surface area is 151 Å². The Morgan fingerprint density at radius 2 is 1.44 bits per heavy atom. The van der Waals surface area contributed by atoms with E-state index < -0.39 is 6.10 Å². The molecular weight excluding hydrogens is 342 g/mol. The van der Waals surface area contributed by atoms with Crippen molar-refractivity contribution in [2.24, 2.45) is 0 Å². The summed E-state index contributed by atoms with van der Waals surface area (Å²) in [5, 5.41) is 10.2. The monoisotopic (exact) mass is 364 g/mol. The van der Waals surface area contributed by atoms with Gasteiger partial charge in [-0.2, -0.15) is 0 Å². The number of anilines is 1. The first kappa shape index (κ1) is 18.2.